The summed E-state index contributed by atoms with van der Waals surface area (Å²) in [5.41, 5.74) is 0. The summed E-state index contributed by atoms with van der Waals surface area (Å²) in [4.78, 5) is 11.5. The van der Waals surface area contributed by atoms with Crippen molar-refractivity contribution in [1.29, 1.82) is 0 Å². The Morgan fingerprint density at radius 1 is 1.27 bits per heavy atom. The Kier molecular flexibility index (Phi) is 4.78. The number of alkyl halides is 3. The van der Waals surface area contributed by atoms with Crippen LogP contribution in [0.2, 0.25) is 0 Å². The fourth-order valence-electron chi connectivity index (χ4n) is 1.76. The van der Waals surface area contributed by atoms with Gasteiger partial charge in [-0.1, -0.05) is 0 Å². The lowest BCUT2D eigenvalue weighted by Crippen LogP contribution is -2.40. The number of morpholine rings is 1. The normalized spacial score (nSPS) is 17.4. The summed E-state index contributed by atoms with van der Waals surface area (Å²) >= 11 is 0. The van der Waals surface area contributed by atoms with Gasteiger partial charge in [0.1, 0.15) is 6.54 Å². The lowest BCUT2D eigenvalue weighted by Gasteiger charge is -2.24. The molecule has 0 aliphatic carbocycles. The summed E-state index contributed by atoms with van der Waals surface area (Å²) in [5, 5.41) is 1.10. The third-order valence-corrected chi connectivity index (χ3v) is 4.59. The number of rotatable bonds is 4. The monoisotopic (exact) mass is 342 g/mol. The quantitative estimate of drug-likeness (QED) is 0.865. The molecule has 0 atom stereocenters. The first-order valence-electron chi connectivity index (χ1n) is 6.23. The average molecular weight is 342 g/mol. The molecule has 0 radical (unpaired) electrons. The molecule has 1 saturated heterocycles. The molecule has 1 aromatic rings. The standard InChI is InChI=1S/C11H13F3N2O5S/c12-11(13,14)7-15-10(17)8-1-2-9(21-8)22(18,19)16-3-5-20-6-4-16/h1-2H,3-7H2,(H,15,17). The van der Waals surface area contributed by atoms with Gasteiger partial charge in [0.2, 0.25) is 5.09 Å². The van der Waals surface area contributed by atoms with Crippen LogP contribution >= 0.6 is 0 Å². The maximum Gasteiger partial charge on any atom is 0.405 e. The molecule has 11 heteroatoms. The topological polar surface area (TPSA) is 88.9 Å². The van der Waals surface area contributed by atoms with Crippen LogP contribution in [0, 0.1) is 0 Å². The summed E-state index contributed by atoms with van der Waals surface area (Å²) in [7, 11) is -3.93. The van der Waals surface area contributed by atoms with E-state index in [4.69, 9.17) is 9.15 Å². The second-order valence-corrected chi connectivity index (χ2v) is 6.30. The number of nitrogens with one attached hydrogen (secondary N) is 1. The largest absolute Gasteiger partial charge is 0.438 e. The highest BCUT2D eigenvalue weighted by Crippen LogP contribution is 2.20. The molecular weight excluding hydrogens is 329 g/mol. The Hall–Kier alpha value is -1.59. The molecule has 1 aliphatic rings. The molecule has 1 aliphatic heterocycles. The lowest BCUT2D eigenvalue weighted by atomic mass is 10.4. The van der Waals surface area contributed by atoms with E-state index < -0.39 is 39.5 Å². The van der Waals surface area contributed by atoms with Crippen molar-refractivity contribution in [3.63, 3.8) is 0 Å². The molecular formula is C11H13F3N2O5S. The second-order valence-electron chi connectivity index (χ2n) is 4.43. The van der Waals surface area contributed by atoms with Crippen LogP contribution in [0.5, 0.6) is 0 Å². The van der Waals surface area contributed by atoms with Crippen molar-refractivity contribution in [2.45, 2.75) is 11.3 Å². The highest BCUT2D eigenvalue weighted by molar-refractivity contribution is 7.89. The second kappa shape index (κ2) is 6.26. The van der Waals surface area contributed by atoms with Crippen LogP contribution in [-0.2, 0) is 14.8 Å². The van der Waals surface area contributed by atoms with Crippen molar-refractivity contribution in [2.75, 3.05) is 32.8 Å². The van der Waals surface area contributed by atoms with E-state index in [1.165, 1.54) is 0 Å². The van der Waals surface area contributed by atoms with Crippen LogP contribution < -0.4 is 5.32 Å². The lowest BCUT2D eigenvalue weighted by molar-refractivity contribution is -0.123. The van der Waals surface area contributed by atoms with E-state index in [1.54, 1.807) is 5.32 Å². The number of carbonyl (C=O) groups is 1. The van der Waals surface area contributed by atoms with Gasteiger partial charge in [-0.05, 0) is 12.1 Å². The number of ether oxygens (including phenoxy) is 1. The minimum Gasteiger partial charge on any atom is -0.438 e. The Morgan fingerprint density at radius 3 is 2.50 bits per heavy atom. The number of hydrogen-bond donors (Lipinski definition) is 1. The van der Waals surface area contributed by atoms with Crippen molar-refractivity contribution in [3.05, 3.63) is 17.9 Å². The van der Waals surface area contributed by atoms with Gasteiger partial charge in [-0.15, -0.1) is 0 Å². The van der Waals surface area contributed by atoms with E-state index in [9.17, 15) is 26.4 Å². The predicted molar refractivity (Wildman–Crippen MR) is 66.7 cm³/mol. The van der Waals surface area contributed by atoms with Crippen LogP contribution in [0.4, 0.5) is 13.2 Å². The Morgan fingerprint density at radius 2 is 1.91 bits per heavy atom. The van der Waals surface area contributed by atoms with E-state index in [0.29, 0.717) is 0 Å². The minimum absolute atomic E-state index is 0.138. The molecule has 0 spiro atoms. The van der Waals surface area contributed by atoms with Crippen LogP contribution in [0.3, 0.4) is 0 Å². The smallest absolute Gasteiger partial charge is 0.405 e. The molecule has 2 heterocycles. The van der Waals surface area contributed by atoms with E-state index >= 15 is 0 Å². The first-order chi connectivity index (χ1) is 10.2. The van der Waals surface area contributed by atoms with Crippen molar-refractivity contribution in [2.24, 2.45) is 0 Å². The molecule has 2 rings (SSSR count). The third kappa shape index (κ3) is 3.99. The van der Waals surface area contributed by atoms with Crippen molar-refractivity contribution >= 4 is 15.9 Å². The van der Waals surface area contributed by atoms with Crippen molar-refractivity contribution < 1.29 is 35.5 Å². The van der Waals surface area contributed by atoms with Gasteiger partial charge < -0.3 is 14.5 Å². The zero-order chi connectivity index (χ0) is 16.4. The predicted octanol–water partition coefficient (Wildman–Crippen LogP) is 0.593. The zero-order valence-corrected chi connectivity index (χ0v) is 12.0. The van der Waals surface area contributed by atoms with Gasteiger partial charge in [-0.3, -0.25) is 4.79 Å². The number of carbonyl (C=O) groups excluding carboxylic acids is 1. The highest BCUT2D eigenvalue weighted by atomic mass is 32.2. The summed E-state index contributed by atoms with van der Waals surface area (Å²) in [5.74, 6) is -1.64. The van der Waals surface area contributed by atoms with Gasteiger partial charge in [0, 0.05) is 13.1 Å². The van der Waals surface area contributed by atoms with E-state index in [-0.39, 0.29) is 26.3 Å². The number of furan rings is 1. The zero-order valence-electron chi connectivity index (χ0n) is 11.2. The highest BCUT2D eigenvalue weighted by Gasteiger charge is 2.31. The fourth-order valence-corrected chi connectivity index (χ4v) is 3.08. The molecule has 0 aromatic carbocycles. The third-order valence-electron chi connectivity index (χ3n) is 2.82. The van der Waals surface area contributed by atoms with Gasteiger partial charge in [0.15, 0.2) is 5.76 Å². The number of amides is 1. The molecule has 1 fully saturated rings. The van der Waals surface area contributed by atoms with Crippen LogP contribution in [-0.4, -0.2) is 57.7 Å². The number of hydrogen-bond acceptors (Lipinski definition) is 5. The molecule has 124 valence electrons. The Bertz CT molecular complexity index is 634. The first kappa shape index (κ1) is 16.8. The summed E-state index contributed by atoms with van der Waals surface area (Å²) < 4.78 is 71.5. The number of nitrogens with zero attached hydrogens (tertiary/aromatic N) is 1. The van der Waals surface area contributed by atoms with Crippen LogP contribution in [0.25, 0.3) is 0 Å². The average Bonchev–Trinajstić information content (AvgIpc) is 2.95. The molecule has 7 nitrogen and oxygen atoms in total. The maximum absolute atomic E-state index is 12.2. The van der Waals surface area contributed by atoms with Crippen LogP contribution in [0.15, 0.2) is 21.6 Å². The molecule has 0 saturated carbocycles. The molecule has 1 aromatic heterocycles. The van der Waals surface area contributed by atoms with E-state index in [0.717, 1.165) is 16.4 Å². The van der Waals surface area contributed by atoms with Gasteiger partial charge in [-0.25, -0.2) is 8.42 Å². The Balaban J connectivity index is 2.08. The Labute approximate surface area is 124 Å². The summed E-state index contributed by atoms with van der Waals surface area (Å²) in [6.07, 6.45) is -4.56. The summed E-state index contributed by atoms with van der Waals surface area (Å²) in [6, 6.07) is 2.05. The molecule has 22 heavy (non-hydrogen) atoms. The van der Waals surface area contributed by atoms with Crippen molar-refractivity contribution in [3.8, 4) is 0 Å². The number of sulfonamides is 1. The number of halogens is 3. The molecule has 0 unspecified atom stereocenters. The van der Waals surface area contributed by atoms with Gasteiger partial charge >= 0.3 is 6.18 Å². The van der Waals surface area contributed by atoms with Gasteiger partial charge in [0.05, 0.1) is 13.2 Å². The van der Waals surface area contributed by atoms with Gasteiger partial charge in [-0.2, -0.15) is 17.5 Å². The van der Waals surface area contributed by atoms with Crippen molar-refractivity contribution in [1.82, 2.24) is 9.62 Å². The maximum atomic E-state index is 12.2. The SMILES string of the molecule is O=C(NCC(F)(F)F)c1ccc(S(=O)(=O)N2CCOCC2)o1. The fraction of sp³-hybridized carbons (Fsp3) is 0.545. The van der Waals surface area contributed by atoms with E-state index in [1.807, 2.05) is 0 Å². The minimum atomic E-state index is -4.56. The molecule has 1 amide bonds. The van der Waals surface area contributed by atoms with E-state index in [2.05, 4.69) is 0 Å². The first-order valence-corrected chi connectivity index (χ1v) is 7.67. The summed E-state index contributed by atoms with van der Waals surface area (Å²) in [6.45, 7) is -0.785. The molecule has 1 N–H and O–H groups in total. The van der Waals surface area contributed by atoms with Gasteiger partial charge in [0.25, 0.3) is 15.9 Å². The van der Waals surface area contributed by atoms with Crippen LogP contribution in [0.1, 0.15) is 10.6 Å². The molecule has 0 bridgehead atoms.